The summed E-state index contributed by atoms with van der Waals surface area (Å²) in [7, 11) is 0. The zero-order valence-electron chi connectivity index (χ0n) is 12.9. The molecule has 19 heavy (non-hydrogen) atoms. The Balaban J connectivity index is 0.000000281. The largest absolute Gasteiger partial charge is 0.250 e. The number of rotatable bonds is 2. The number of aromatic nitrogens is 3. The number of hydrogen-bond donors (Lipinski definition) is 0. The minimum absolute atomic E-state index is 0.909. The van der Waals surface area contributed by atoms with Gasteiger partial charge in [0.2, 0.25) is 0 Å². The van der Waals surface area contributed by atoms with Crippen LogP contribution in [0.25, 0.3) is 0 Å². The molecule has 0 saturated carbocycles. The molecule has 0 aliphatic heterocycles. The van der Waals surface area contributed by atoms with Gasteiger partial charge in [-0.3, -0.25) is 0 Å². The van der Waals surface area contributed by atoms with E-state index in [1.54, 1.807) is 0 Å². The highest BCUT2D eigenvalue weighted by molar-refractivity contribution is 5.04. The van der Waals surface area contributed by atoms with Crippen molar-refractivity contribution in [2.45, 2.75) is 54.0 Å². The standard InChI is InChI=1S/C6H11N3.C6H6.C4H10/c1-4-9-6(3)5(2)7-8-9;1-2-4-6-5-3-1;1-3-4-2/h4H2,1-3H3;1-6H;3-4H2,1-2H3. The van der Waals surface area contributed by atoms with Crippen LogP contribution in [0.15, 0.2) is 36.4 Å². The molecule has 0 N–H and O–H groups in total. The minimum Gasteiger partial charge on any atom is -0.250 e. The van der Waals surface area contributed by atoms with Crippen molar-refractivity contribution in [3.8, 4) is 0 Å². The Morgan fingerprint density at radius 1 is 0.842 bits per heavy atom. The summed E-state index contributed by atoms with van der Waals surface area (Å²) in [5.74, 6) is 0. The number of nitrogens with zero attached hydrogens (tertiary/aromatic N) is 3. The zero-order valence-corrected chi connectivity index (χ0v) is 12.9. The Hall–Kier alpha value is -1.64. The third kappa shape index (κ3) is 8.14. The number of unbranched alkanes of at least 4 members (excludes halogenated alkanes) is 1. The first-order chi connectivity index (χ1) is 9.17. The van der Waals surface area contributed by atoms with Crippen LogP contribution in [0, 0.1) is 13.8 Å². The molecule has 3 nitrogen and oxygen atoms in total. The highest BCUT2D eigenvalue weighted by atomic mass is 15.4. The molecule has 0 saturated heterocycles. The van der Waals surface area contributed by atoms with Gasteiger partial charge in [0.1, 0.15) is 0 Å². The van der Waals surface area contributed by atoms with Crippen molar-refractivity contribution in [1.29, 1.82) is 0 Å². The van der Waals surface area contributed by atoms with Crippen molar-refractivity contribution in [2.75, 3.05) is 0 Å². The van der Waals surface area contributed by atoms with Crippen molar-refractivity contribution < 1.29 is 0 Å². The Morgan fingerprint density at radius 3 is 1.42 bits per heavy atom. The Kier molecular flexibility index (Phi) is 10.5. The molecule has 2 aromatic rings. The van der Waals surface area contributed by atoms with Crippen LogP contribution in [0.1, 0.15) is 45.0 Å². The summed E-state index contributed by atoms with van der Waals surface area (Å²) in [5.41, 5.74) is 2.19. The van der Waals surface area contributed by atoms with Crippen molar-refractivity contribution >= 4 is 0 Å². The number of hydrogen-bond acceptors (Lipinski definition) is 2. The van der Waals surface area contributed by atoms with Crippen LogP contribution in [0.3, 0.4) is 0 Å². The molecule has 0 aliphatic rings. The van der Waals surface area contributed by atoms with Gasteiger partial charge in [-0.05, 0) is 20.8 Å². The van der Waals surface area contributed by atoms with Crippen molar-refractivity contribution in [1.82, 2.24) is 15.0 Å². The van der Waals surface area contributed by atoms with Gasteiger partial charge in [-0.1, -0.05) is 68.3 Å². The fourth-order valence-electron chi connectivity index (χ4n) is 1.13. The fraction of sp³-hybridized carbons (Fsp3) is 0.500. The molecule has 1 aromatic carbocycles. The van der Waals surface area contributed by atoms with Crippen LogP contribution >= 0.6 is 0 Å². The van der Waals surface area contributed by atoms with Crippen LogP contribution in [0.2, 0.25) is 0 Å². The number of benzene rings is 1. The maximum absolute atomic E-state index is 3.90. The van der Waals surface area contributed by atoms with Crippen molar-refractivity contribution in [3.63, 3.8) is 0 Å². The van der Waals surface area contributed by atoms with Gasteiger partial charge in [0.15, 0.2) is 0 Å². The van der Waals surface area contributed by atoms with E-state index in [2.05, 4.69) is 31.1 Å². The lowest BCUT2D eigenvalue weighted by Crippen LogP contribution is -1.98. The van der Waals surface area contributed by atoms with Gasteiger partial charge in [-0.15, -0.1) is 5.10 Å². The first-order valence-corrected chi connectivity index (χ1v) is 7.03. The summed E-state index contributed by atoms with van der Waals surface area (Å²) in [6.07, 6.45) is 2.64. The monoisotopic (exact) mass is 261 g/mol. The Morgan fingerprint density at radius 2 is 1.26 bits per heavy atom. The molecule has 3 heteroatoms. The van der Waals surface area contributed by atoms with Gasteiger partial charge in [-0.25, -0.2) is 4.68 Å². The van der Waals surface area contributed by atoms with Gasteiger partial charge in [0, 0.05) is 6.54 Å². The summed E-state index contributed by atoms with van der Waals surface area (Å²) in [4.78, 5) is 0. The molecule has 0 fully saturated rings. The highest BCUT2D eigenvalue weighted by Gasteiger charge is 1.99. The molecular weight excluding hydrogens is 234 g/mol. The van der Waals surface area contributed by atoms with Crippen LogP contribution < -0.4 is 0 Å². The molecule has 0 amide bonds. The third-order valence-electron chi connectivity index (χ3n) is 2.68. The number of aryl methyl sites for hydroxylation is 2. The summed E-state index contributed by atoms with van der Waals surface area (Å²) in [5, 5.41) is 7.80. The minimum atomic E-state index is 0.909. The summed E-state index contributed by atoms with van der Waals surface area (Å²) in [6, 6.07) is 12.0. The molecule has 0 atom stereocenters. The van der Waals surface area contributed by atoms with Gasteiger partial charge >= 0.3 is 0 Å². The Bertz CT molecular complexity index is 378. The lowest BCUT2D eigenvalue weighted by molar-refractivity contribution is 0.611. The second-order valence-corrected chi connectivity index (χ2v) is 4.23. The molecule has 0 aliphatic carbocycles. The molecule has 0 bridgehead atoms. The van der Waals surface area contributed by atoms with Gasteiger partial charge in [0.05, 0.1) is 11.4 Å². The van der Waals surface area contributed by atoms with Gasteiger partial charge in [0.25, 0.3) is 0 Å². The maximum atomic E-state index is 3.90. The Labute approximate surface area is 117 Å². The molecule has 0 unspecified atom stereocenters. The van der Waals surface area contributed by atoms with E-state index in [9.17, 15) is 0 Å². The second-order valence-electron chi connectivity index (χ2n) is 4.23. The highest BCUT2D eigenvalue weighted by Crippen LogP contribution is 1.99. The summed E-state index contributed by atoms with van der Waals surface area (Å²) in [6.45, 7) is 11.3. The average molecular weight is 261 g/mol. The third-order valence-corrected chi connectivity index (χ3v) is 2.68. The lowest BCUT2D eigenvalue weighted by Gasteiger charge is -1.94. The van der Waals surface area contributed by atoms with E-state index in [1.165, 1.54) is 12.8 Å². The predicted molar refractivity (Wildman–Crippen MR) is 82.2 cm³/mol. The fourth-order valence-corrected chi connectivity index (χ4v) is 1.13. The van der Waals surface area contributed by atoms with Crippen LogP contribution in [-0.2, 0) is 6.54 Å². The maximum Gasteiger partial charge on any atom is 0.0825 e. The van der Waals surface area contributed by atoms with Crippen LogP contribution in [0.4, 0.5) is 0 Å². The molecule has 1 heterocycles. The normalized spacial score (nSPS) is 8.89. The molecule has 1 aromatic heterocycles. The molecular formula is C16H27N3. The van der Waals surface area contributed by atoms with E-state index >= 15 is 0 Å². The molecule has 0 radical (unpaired) electrons. The smallest absolute Gasteiger partial charge is 0.0825 e. The van der Waals surface area contributed by atoms with E-state index < -0.39 is 0 Å². The molecule has 0 spiro atoms. The van der Waals surface area contributed by atoms with E-state index in [4.69, 9.17) is 0 Å². The second kappa shape index (κ2) is 11.5. The van der Waals surface area contributed by atoms with E-state index in [1.807, 2.05) is 54.9 Å². The van der Waals surface area contributed by atoms with Gasteiger partial charge < -0.3 is 0 Å². The van der Waals surface area contributed by atoms with Crippen LogP contribution in [-0.4, -0.2) is 15.0 Å². The SMILES string of the molecule is CCCC.CCn1nnc(C)c1C.c1ccccc1. The van der Waals surface area contributed by atoms with Gasteiger partial charge in [-0.2, -0.15) is 0 Å². The zero-order chi connectivity index (χ0) is 14.5. The van der Waals surface area contributed by atoms with E-state index in [0.717, 1.165) is 17.9 Å². The van der Waals surface area contributed by atoms with Crippen LogP contribution in [0.5, 0.6) is 0 Å². The van der Waals surface area contributed by atoms with E-state index in [0.29, 0.717) is 0 Å². The molecule has 106 valence electrons. The predicted octanol–water partition coefficient (Wildman–Crippen LogP) is 4.41. The summed E-state index contributed by atoms with van der Waals surface area (Å²) >= 11 is 0. The molecule has 2 rings (SSSR count). The first-order valence-electron chi connectivity index (χ1n) is 7.03. The average Bonchev–Trinajstić information content (AvgIpc) is 2.81. The van der Waals surface area contributed by atoms with Crippen molar-refractivity contribution in [3.05, 3.63) is 47.8 Å². The van der Waals surface area contributed by atoms with Crippen molar-refractivity contribution in [2.24, 2.45) is 0 Å². The topological polar surface area (TPSA) is 30.7 Å². The summed E-state index contributed by atoms with van der Waals surface area (Å²) < 4.78 is 1.88. The van der Waals surface area contributed by atoms with E-state index in [-0.39, 0.29) is 0 Å². The quantitative estimate of drug-likeness (QED) is 0.801. The first kappa shape index (κ1) is 17.4. The lowest BCUT2D eigenvalue weighted by atomic mass is 10.4.